The zero-order valence-corrected chi connectivity index (χ0v) is 11.2. The normalized spacial score (nSPS) is 10.4. The number of nitrogens with zero attached hydrogens (tertiary/aromatic N) is 2. The largest absolute Gasteiger partial charge is 0.478 e. The summed E-state index contributed by atoms with van der Waals surface area (Å²) < 4.78 is 5.62. The van der Waals surface area contributed by atoms with Gasteiger partial charge in [0.2, 0.25) is 0 Å². The molecule has 0 bridgehead atoms. The molecule has 0 aliphatic carbocycles. The third-order valence-corrected chi connectivity index (χ3v) is 3.22. The minimum atomic E-state index is -1.07. The van der Waals surface area contributed by atoms with Gasteiger partial charge in [0, 0.05) is 12.3 Å². The van der Waals surface area contributed by atoms with Gasteiger partial charge in [0.25, 0.3) is 11.5 Å². The van der Waals surface area contributed by atoms with Crippen molar-refractivity contribution >= 4 is 23.6 Å². The molecule has 0 saturated heterocycles. The first-order chi connectivity index (χ1) is 9.47. The predicted octanol–water partition coefficient (Wildman–Crippen LogP) is 1.28. The standard InChI is InChI=1S/C12H10N2O5S/c1-7-4-10(15)14(19-7)11(16)6-20-9-5-8(12(17)18)2-3-13-9/h2-5H,6H2,1H3,(H,17,18). The molecule has 2 aromatic rings. The van der Waals surface area contributed by atoms with E-state index in [1.165, 1.54) is 24.4 Å². The predicted molar refractivity (Wildman–Crippen MR) is 70.3 cm³/mol. The lowest BCUT2D eigenvalue weighted by atomic mass is 10.3. The van der Waals surface area contributed by atoms with Gasteiger partial charge in [-0.25, -0.2) is 9.78 Å². The molecule has 104 valence electrons. The Bertz CT molecular complexity index is 719. The number of rotatable bonds is 4. The van der Waals surface area contributed by atoms with Crippen LogP contribution in [0.5, 0.6) is 0 Å². The van der Waals surface area contributed by atoms with E-state index in [0.717, 1.165) is 11.8 Å². The molecule has 20 heavy (non-hydrogen) atoms. The zero-order valence-electron chi connectivity index (χ0n) is 10.4. The van der Waals surface area contributed by atoms with Crippen molar-refractivity contribution in [2.24, 2.45) is 0 Å². The average molecular weight is 294 g/mol. The van der Waals surface area contributed by atoms with Crippen LogP contribution in [0.25, 0.3) is 0 Å². The van der Waals surface area contributed by atoms with Crippen LogP contribution in [-0.2, 0) is 0 Å². The van der Waals surface area contributed by atoms with Crippen molar-refractivity contribution in [2.75, 3.05) is 5.75 Å². The SMILES string of the molecule is Cc1cc(=O)n(C(=O)CSc2cc(C(=O)O)ccn2)o1. The van der Waals surface area contributed by atoms with E-state index in [4.69, 9.17) is 9.63 Å². The van der Waals surface area contributed by atoms with Crippen LogP contribution in [0.3, 0.4) is 0 Å². The fourth-order valence-electron chi connectivity index (χ4n) is 1.44. The van der Waals surface area contributed by atoms with E-state index in [2.05, 4.69) is 4.98 Å². The lowest BCUT2D eigenvalue weighted by Crippen LogP contribution is -2.23. The van der Waals surface area contributed by atoms with Crippen molar-refractivity contribution in [1.82, 2.24) is 9.72 Å². The molecular formula is C12H10N2O5S. The molecule has 8 heteroatoms. The Hall–Kier alpha value is -2.35. The van der Waals surface area contributed by atoms with Gasteiger partial charge in [0.1, 0.15) is 5.76 Å². The smallest absolute Gasteiger partial charge is 0.335 e. The minimum absolute atomic E-state index is 0.0804. The van der Waals surface area contributed by atoms with Gasteiger partial charge in [-0.1, -0.05) is 11.8 Å². The highest BCUT2D eigenvalue weighted by Gasteiger charge is 2.13. The molecule has 0 saturated carbocycles. The third kappa shape index (κ3) is 3.15. The van der Waals surface area contributed by atoms with E-state index in [0.29, 0.717) is 15.5 Å². The first kappa shape index (κ1) is 14.1. The Morgan fingerprint density at radius 1 is 1.45 bits per heavy atom. The number of aryl methyl sites for hydroxylation is 1. The van der Waals surface area contributed by atoms with Gasteiger partial charge in [-0.2, -0.15) is 0 Å². The molecule has 2 aromatic heterocycles. The number of carbonyl (C=O) groups excluding carboxylic acids is 1. The van der Waals surface area contributed by atoms with E-state index in [9.17, 15) is 14.4 Å². The molecule has 0 aromatic carbocycles. The number of aromatic carboxylic acids is 1. The monoisotopic (exact) mass is 294 g/mol. The second-order valence-electron chi connectivity index (χ2n) is 3.85. The van der Waals surface area contributed by atoms with E-state index in [1.807, 2.05) is 0 Å². The molecule has 7 nitrogen and oxygen atoms in total. The molecule has 1 N–H and O–H groups in total. The van der Waals surface area contributed by atoms with Crippen LogP contribution in [-0.4, -0.2) is 32.5 Å². The lowest BCUT2D eigenvalue weighted by molar-refractivity contribution is 0.0696. The fraction of sp³-hybridized carbons (Fsp3) is 0.167. The van der Waals surface area contributed by atoms with E-state index < -0.39 is 17.4 Å². The van der Waals surface area contributed by atoms with Crippen molar-refractivity contribution in [3.8, 4) is 0 Å². The summed E-state index contributed by atoms with van der Waals surface area (Å²) >= 11 is 1.03. The van der Waals surface area contributed by atoms with Crippen LogP contribution in [0.15, 0.2) is 38.7 Å². The summed E-state index contributed by atoms with van der Waals surface area (Å²) in [4.78, 5) is 37.9. The van der Waals surface area contributed by atoms with Gasteiger partial charge in [-0.05, 0) is 19.1 Å². The quantitative estimate of drug-likeness (QED) is 0.847. The second-order valence-corrected chi connectivity index (χ2v) is 4.84. The maximum atomic E-state index is 11.8. The molecule has 0 fully saturated rings. The molecule has 0 atom stereocenters. The molecule has 0 unspecified atom stereocenters. The van der Waals surface area contributed by atoms with Crippen LogP contribution in [0.2, 0.25) is 0 Å². The van der Waals surface area contributed by atoms with Gasteiger partial charge in [-0.15, -0.1) is 4.74 Å². The van der Waals surface area contributed by atoms with Gasteiger partial charge in [-0.3, -0.25) is 9.59 Å². The summed E-state index contributed by atoms with van der Waals surface area (Å²) in [5.41, 5.74) is -0.443. The minimum Gasteiger partial charge on any atom is -0.478 e. The van der Waals surface area contributed by atoms with Crippen LogP contribution < -0.4 is 5.56 Å². The van der Waals surface area contributed by atoms with E-state index in [1.54, 1.807) is 6.92 Å². The summed E-state index contributed by atoms with van der Waals surface area (Å²) in [6.07, 6.45) is 1.35. The molecule has 2 heterocycles. The van der Waals surface area contributed by atoms with Crippen molar-refractivity contribution in [3.05, 3.63) is 46.1 Å². The summed E-state index contributed by atoms with van der Waals surface area (Å²) in [6, 6.07) is 3.93. The summed E-state index contributed by atoms with van der Waals surface area (Å²) in [5.74, 6) is -1.34. The van der Waals surface area contributed by atoms with Gasteiger partial charge in [0.05, 0.1) is 16.3 Å². The Morgan fingerprint density at radius 2 is 2.20 bits per heavy atom. The molecule has 0 aliphatic rings. The van der Waals surface area contributed by atoms with Crippen LogP contribution in [0.1, 0.15) is 20.9 Å². The van der Waals surface area contributed by atoms with Gasteiger partial charge >= 0.3 is 5.97 Å². The summed E-state index contributed by atoms with van der Waals surface area (Å²) in [7, 11) is 0. The Kier molecular flexibility index (Phi) is 4.04. The number of carboxylic acids is 1. The zero-order chi connectivity index (χ0) is 14.7. The molecular weight excluding hydrogens is 284 g/mol. The summed E-state index contributed by atoms with van der Waals surface area (Å²) in [6.45, 7) is 1.57. The second kappa shape index (κ2) is 5.74. The Morgan fingerprint density at radius 3 is 2.80 bits per heavy atom. The highest BCUT2D eigenvalue weighted by molar-refractivity contribution is 7.99. The molecule has 2 rings (SSSR count). The van der Waals surface area contributed by atoms with Crippen molar-refractivity contribution < 1.29 is 19.2 Å². The number of carboxylic acid groups (broad SMARTS) is 1. The van der Waals surface area contributed by atoms with Crippen molar-refractivity contribution in [3.63, 3.8) is 0 Å². The number of aromatic nitrogens is 2. The number of hydrogen-bond acceptors (Lipinski definition) is 6. The van der Waals surface area contributed by atoms with Crippen LogP contribution in [0.4, 0.5) is 0 Å². The highest BCUT2D eigenvalue weighted by Crippen LogP contribution is 2.16. The number of carbonyl (C=O) groups is 2. The molecule has 0 radical (unpaired) electrons. The van der Waals surface area contributed by atoms with Crippen LogP contribution >= 0.6 is 11.8 Å². The van der Waals surface area contributed by atoms with E-state index in [-0.39, 0.29) is 11.3 Å². The van der Waals surface area contributed by atoms with Gasteiger partial charge < -0.3 is 9.63 Å². The van der Waals surface area contributed by atoms with E-state index >= 15 is 0 Å². The Labute approximate surface area is 117 Å². The van der Waals surface area contributed by atoms with Crippen molar-refractivity contribution in [2.45, 2.75) is 11.9 Å². The molecule has 0 spiro atoms. The average Bonchev–Trinajstić information content (AvgIpc) is 2.75. The first-order valence-electron chi connectivity index (χ1n) is 5.52. The number of pyridine rings is 1. The van der Waals surface area contributed by atoms with Crippen LogP contribution in [0, 0.1) is 6.92 Å². The third-order valence-electron chi connectivity index (χ3n) is 2.31. The lowest BCUT2D eigenvalue weighted by Gasteiger charge is -2.01. The fourth-order valence-corrected chi connectivity index (χ4v) is 2.17. The maximum absolute atomic E-state index is 11.8. The molecule has 0 amide bonds. The maximum Gasteiger partial charge on any atom is 0.335 e. The first-order valence-corrected chi connectivity index (χ1v) is 6.51. The summed E-state index contributed by atoms with van der Waals surface area (Å²) in [5, 5.41) is 9.22. The number of hydrogen-bond donors (Lipinski definition) is 1. The molecule has 0 aliphatic heterocycles. The topological polar surface area (TPSA) is 102 Å². The Balaban J connectivity index is 2.07. The van der Waals surface area contributed by atoms with Gasteiger partial charge in [0.15, 0.2) is 0 Å². The number of thioether (sulfide) groups is 1. The highest BCUT2D eigenvalue weighted by atomic mass is 32.2. The van der Waals surface area contributed by atoms with Crippen molar-refractivity contribution in [1.29, 1.82) is 0 Å².